The zero-order valence-electron chi connectivity index (χ0n) is 13.7. The van der Waals surface area contributed by atoms with E-state index in [1.165, 1.54) is 7.11 Å². The quantitative estimate of drug-likeness (QED) is 0.701. The Labute approximate surface area is 159 Å². The van der Waals surface area contributed by atoms with E-state index in [2.05, 4.69) is 11.1 Å². The van der Waals surface area contributed by atoms with Gasteiger partial charge in [0, 0.05) is 11.6 Å². The molecule has 132 valence electrons. The van der Waals surface area contributed by atoms with Crippen molar-refractivity contribution in [3.8, 4) is 11.1 Å². The van der Waals surface area contributed by atoms with Gasteiger partial charge in [-0.1, -0.05) is 42.5 Å². The smallest absolute Gasteiger partial charge is 0.322 e. The molecule has 6 heteroatoms. The lowest BCUT2D eigenvalue weighted by Crippen LogP contribution is -2.33. The molecule has 4 nitrogen and oxygen atoms in total. The SMILES string of the molecule is COC(=O)C(N)Cc1ccccc1-c1ccnc2ccccc12.Cl.Cl. The van der Waals surface area contributed by atoms with E-state index in [9.17, 15) is 4.79 Å². The van der Waals surface area contributed by atoms with E-state index in [1.807, 2.05) is 48.5 Å². The highest BCUT2D eigenvalue weighted by Crippen LogP contribution is 2.30. The molecule has 1 heterocycles. The van der Waals surface area contributed by atoms with Crippen LogP contribution in [0.2, 0.25) is 0 Å². The molecule has 0 saturated heterocycles. The molecule has 3 rings (SSSR count). The second kappa shape index (κ2) is 9.37. The number of hydrogen-bond acceptors (Lipinski definition) is 4. The van der Waals surface area contributed by atoms with Crippen LogP contribution < -0.4 is 5.73 Å². The molecule has 0 aliphatic carbocycles. The van der Waals surface area contributed by atoms with Crippen LogP contribution in [-0.2, 0) is 16.0 Å². The molecule has 0 aliphatic rings. The number of aromatic nitrogens is 1. The first kappa shape index (κ1) is 20.9. The Morgan fingerprint density at radius 3 is 2.48 bits per heavy atom. The molecular formula is C19H20Cl2N2O2. The number of hydrogen-bond donors (Lipinski definition) is 1. The molecular weight excluding hydrogens is 359 g/mol. The van der Waals surface area contributed by atoms with E-state index < -0.39 is 12.0 Å². The van der Waals surface area contributed by atoms with Crippen LogP contribution in [0.15, 0.2) is 60.8 Å². The Balaban J connectivity index is 0.00000156. The molecule has 0 bridgehead atoms. The number of halogens is 2. The van der Waals surface area contributed by atoms with Gasteiger partial charge in [-0.15, -0.1) is 24.8 Å². The lowest BCUT2D eigenvalue weighted by atomic mass is 9.93. The molecule has 25 heavy (non-hydrogen) atoms. The topological polar surface area (TPSA) is 65.2 Å². The van der Waals surface area contributed by atoms with Crippen molar-refractivity contribution in [1.82, 2.24) is 4.98 Å². The average Bonchev–Trinajstić information content (AvgIpc) is 2.61. The fraction of sp³-hybridized carbons (Fsp3) is 0.158. The van der Waals surface area contributed by atoms with E-state index in [1.54, 1.807) is 6.20 Å². The third-order valence-electron chi connectivity index (χ3n) is 3.90. The first-order chi connectivity index (χ1) is 11.2. The Hall–Kier alpha value is -2.14. The minimum Gasteiger partial charge on any atom is -0.468 e. The maximum Gasteiger partial charge on any atom is 0.322 e. The van der Waals surface area contributed by atoms with Crippen LogP contribution in [0.1, 0.15) is 5.56 Å². The van der Waals surface area contributed by atoms with Crippen molar-refractivity contribution in [2.45, 2.75) is 12.5 Å². The minimum absolute atomic E-state index is 0. The fourth-order valence-corrected chi connectivity index (χ4v) is 2.76. The van der Waals surface area contributed by atoms with E-state index in [0.717, 1.165) is 27.6 Å². The number of para-hydroxylation sites is 1. The van der Waals surface area contributed by atoms with Crippen molar-refractivity contribution in [3.05, 3.63) is 66.4 Å². The number of carbonyl (C=O) groups excluding carboxylic acids is 1. The second-order valence-corrected chi connectivity index (χ2v) is 5.37. The number of rotatable bonds is 4. The maximum atomic E-state index is 11.6. The number of carbonyl (C=O) groups is 1. The normalized spacial score (nSPS) is 11.1. The summed E-state index contributed by atoms with van der Waals surface area (Å²) >= 11 is 0. The van der Waals surface area contributed by atoms with Gasteiger partial charge in [-0.3, -0.25) is 9.78 Å². The van der Waals surface area contributed by atoms with Crippen molar-refractivity contribution in [2.24, 2.45) is 5.73 Å². The van der Waals surface area contributed by atoms with Crippen LogP contribution in [0.5, 0.6) is 0 Å². The van der Waals surface area contributed by atoms with Gasteiger partial charge in [-0.2, -0.15) is 0 Å². The number of ether oxygens (including phenoxy) is 1. The Bertz CT molecular complexity index is 850. The third kappa shape index (κ3) is 4.48. The highest BCUT2D eigenvalue weighted by atomic mass is 35.5. The van der Waals surface area contributed by atoms with Crippen molar-refractivity contribution < 1.29 is 9.53 Å². The monoisotopic (exact) mass is 378 g/mol. The van der Waals surface area contributed by atoms with Gasteiger partial charge >= 0.3 is 5.97 Å². The third-order valence-corrected chi connectivity index (χ3v) is 3.90. The number of methoxy groups -OCH3 is 1. The summed E-state index contributed by atoms with van der Waals surface area (Å²) in [5, 5.41) is 1.08. The first-order valence-corrected chi connectivity index (χ1v) is 7.46. The standard InChI is InChI=1S/C19H18N2O2.2ClH/c1-23-19(22)17(20)12-13-6-2-3-7-14(13)15-10-11-21-18-9-5-4-8-16(15)18;;/h2-11,17H,12,20H2,1H3;2*1H. The molecule has 0 fully saturated rings. The second-order valence-electron chi connectivity index (χ2n) is 5.37. The van der Waals surface area contributed by atoms with Crippen LogP contribution in [-0.4, -0.2) is 24.1 Å². The molecule has 0 saturated carbocycles. The number of pyridine rings is 1. The molecule has 2 N–H and O–H groups in total. The average molecular weight is 379 g/mol. The maximum absolute atomic E-state index is 11.6. The van der Waals surface area contributed by atoms with Gasteiger partial charge in [-0.05, 0) is 35.2 Å². The molecule has 2 aromatic carbocycles. The zero-order valence-corrected chi connectivity index (χ0v) is 15.3. The summed E-state index contributed by atoms with van der Waals surface area (Å²) in [5.74, 6) is -0.403. The van der Waals surface area contributed by atoms with Gasteiger partial charge in [0.25, 0.3) is 0 Å². The van der Waals surface area contributed by atoms with Gasteiger partial charge in [0.05, 0.1) is 12.6 Å². The van der Waals surface area contributed by atoms with Crippen LogP contribution in [0.4, 0.5) is 0 Å². The first-order valence-electron chi connectivity index (χ1n) is 7.46. The summed E-state index contributed by atoms with van der Waals surface area (Å²) in [5.41, 5.74) is 10.0. The Kier molecular flexibility index (Phi) is 7.84. The van der Waals surface area contributed by atoms with E-state index >= 15 is 0 Å². The summed E-state index contributed by atoms with van der Waals surface area (Å²) in [6, 6.07) is 17.3. The van der Waals surface area contributed by atoms with E-state index in [0.29, 0.717) is 6.42 Å². The van der Waals surface area contributed by atoms with Crippen LogP contribution in [0, 0.1) is 0 Å². The highest BCUT2D eigenvalue weighted by Gasteiger charge is 2.17. The number of nitrogens with zero attached hydrogens (tertiary/aromatic N) is 1. The number of esters is 1. The van der Waals surface area contributed by atoms with Crippen molar-refractivity contribution in [3.63, 3.8) is 0 Å². The molecule has 0 spiro atoms. The molecule has 1 aromatic heterocycles. The van der Waals surface area contributed by atoms with Gasteiger partial charge in [0.15, 0.2) is 0 Å². The summed E-state index contributed by atoms with van der Waals surface area (Å²) in [6.45, 7) is 0. The lowest BCUT2D eigenvalue weighted by Gasteiger charge is -2.14. The largest absolute Gasteiger partial charge is 0.468 e. The van der Waals surface area contributed by atoms with Crippen molar-refractivity contribution in [2.75, 3.05) is 7.11 Å². The van der Waals surface area contributed by atoms with E-state index in [4.69, 9.17) is 10.5 Å². The number of fused-ring (bicyclic) bond motifs is 1. The predicted molar refractivity (Wildman–Crippen MR) is 105 cm³/mol. The van der Waals surface area contributed by atoms with Gasteiger partial charge in [0.1, 0.15) is 6.04 Å². The van der Waals surface area contributed by atoms with Gasteiger partial charge < -0.3 is 10.5 Å². The zero-order chi connectivity index (χ0) is 16.2. The van der Waals surface area contributed by atoms with Gasteiger partial charge in [0.2, 0.25) is 0 Å². The lowest BCUT2D eigenvalue weighted by molar-refractivity contribution is -0.142. The van der Waals surface area contributed by atoms with Crippen molar-refractivity contribution in [1.29, 1.82) is 0 Å². The van der Waals surface area contributed by atoms with Crippen LogP contribution in [0.3, 0.4) is 0 Å². The summed E-state index contributed by atoms with van der Waals surface area (Å²) in [6.07, 6.45) is 2.23. The molecule has 3 aromatic rings. The molecule has 1 unspecified atom stereocenters. The highest BCUT2D eigenvalue weighted by molar-refractivity contribution is 5.95. The fourth-order valence-electron chi connectivity index (χ4n) is 2.76. The molecule has 0 radical (unpaired) electrons. The molecule has 0 aliphatic heterocycles. The summed E-state index contributed by atoms with van der Waals surface area (Å²) in [4.78, 5) is 16.0. The number of nitrogens with two attached hydrogens (primary N) is 1. The van der Waals surface area contributed by atoms with Crippen LogP contribution >= 0.6 is 24.8 Å². The molecule has 0 amide bonds. The van der Waals surface area contributed by atoms with Crippen LogP contribution in [0.25, 0.3) is 22.0 Å². The number of benzene rings is 2. The van der Waals surface area contributed by atoms with E-state index in [-0.39, 0.29) is 24.8 Å². The van der Waals surface area contributed by atoms with Crippen molar-refractivity contribution >= 4 is 41.7 Å². The minimum atomic E-state index is -0.672. The molecule has 1 atom stereocenters. The predicted octanol–water partition coefficient (Wildman–Crippen LogP) is 3.79. The summed E-state index contributed by atoms with van der Waals surface area (Å²) in [7, 11) is 1.35. The summed E-state index contributed by atoms with van der Waals surface area (Å²) < 4.78 is 4.73. The Morgan fingerprint density at radius 1 is 1.04 bits per heavy atom. The Morgan fingerprint density at radius 2 is 1.72 bits per heavy atom. The van der Waals surface area contributed by atoms with Gasteiger partial charge in [-0.25, -0.2) is 0 Å².